The lowest BCUT2D eigenvalue weighted by Gasteiger charge is -2.12. The topological polar surface area (TPSA) is 76.4 Å². The van der Waals surface area contributed by atoms with Crippen molar-refractivity contribution in [3.63, 3.8) is 0 Å². The quantitative estimate of drug-likeness (QED) is 0.704. The van der Waals surface area contributed by atoms with E-state index in [9.17, 15) is 4.79 Å². The maximum Gasteiger partial charge on any atom is 0.319 e. The molecule has 0 bridgehead atoms. The van der Waals surface area contributed by atoms with Gasteiger partial charge in [-0.05, 0) is 25.1 Å². The Kier molecular flexibility index (Phi) is 5.59. The molecule has 94 valence electrons. The van der Waals surface area contributed by atoms with Crippen molar-refractivity contribution in [2.45, 2.75) is 6.42 Å². The molecule has 0 unspecified atom stereocenters. The molecule has 4 N–H and O–H groups in total. The van der Waals surface area contributed by atoms with Crippen LogP contribution in [-0.4, -0.2) is 26.2 Å². The van der Waals surface area contributed by atoms with Crippen LogP contribution in [-0.2, 0) is 0 Å². The summed E-state index contributed by atoms with van der Waals surface area (Å²) in [6.45, 7) is 1.04. The molecule has 0 aliphatic rings. The van der Waals surface area contributed by atoms with Crippen LogP contribution in [0.5, 0.6) is 5.75 Å². The maximum atomic E-state index is 11.2. The Balaban J connectivity index is 2.76. The van der Waals surface area contributed by atoms with Crippen molar-refractivity contribution in [2.24, 2.45) is 5.73 Å². The number of urea groups is 1. The van der Waals surface area contributed by atoms with Gasteiger partial charge >= 0.3 is 6.03 Å². The SMILES string of the molecule is CNC(=O)Nc1ccc(Cl)cc1OCCCN. The van der Waals surface area contributed by atoms with Gasteiger partial charge in [-0.25, -0.2) is 4.79 Å². The second-order valence-corrected chi connectivity index (χ2v) is 3.77. The standard InChI is InChI=1S/C11H16ClN3O2/c1-14-11(16)15-9-4-3-8(12)7-10(9)17-6-2-5-13/h3-4,7H,2,5-6,13H2,1H3,(H2,14,15,16). The minimum atomic E-state index is -0.309. The molecule has 17 heavy (non-hydrogen) atoms. The second kappa shape index (κ2) is 6.98. The number of carbonyl (C=O) groups is 1. The molecule has 1 aromatic carbocycles. The van der Waals surface area contributed by atoms with Gasteiger partial charge in [0, 0.05) is 18.1 Å². The van der Waals surface area contributed by atoms with Crippen molar-refractivity contribution in [3.05, 3.63) is 23.2 Å². The van der Waals surface area contributed by atoms with Crippen LogP contribution >= 0.6 is 11.6 Å². The minimum Gasteiger partial charge on any atom is -0.491 e. The minimum absolute atomic E-state index is 0.309. The average Bonchev–Trinajstić information content (AvgIpc) is 2.32. The predicted molar refractivity (Wildman–Crippen MR) is 68.7 cm³/mol. The number of rotatable bonds is 5. The van der Waals surface area contributed by atoms with Crippen LogP contribution in [0.3, 0.4) is 0 Å². The molecular formula is C11H16ClN3O2. The first-order chi connectivity index (χ1) is 8.17. The van der Waals surface area contributed by atoms with Crippen LogP contribution in [0.15, 0.2) is 18.2 Å². The molecule has 0 radical (unpaired) electrons. The molecular weight excluding hydrogens is 242 g/mol. The number of nitrogens with two attached hydrogens (primary N) is 1. The highest BCUT2D eigenvalue weighted by molar-refractivity contribution is 6.30. The number of carbonyl (C=O) groups excluding carboxylic acids is 1. The number of amides is 2. The summed E-state index contributed by atoms with van der Waals surface area (Å²) >= 11 is 5.87. The van der Waals surface area contributed by atoms with Gasteiger partial charge in [0.2, 0.25) is 0 Å². The van der Waals surface area contributed by atoms with Gasteiger partial charge in [-0.3, -0.25) is 0 Å². The Hall–Kier alpha value is -1.46. The lowest BCUT2D eigenvalue weighted by molar-refractivity contribution is 0.253. The number of anilines is 1. The van der Waals surface area contributed by atoms with E-state index in [1.54, 1.807) is 25.2 Å². The average molecular weight is 258 g/mol. The lowest BCUT2D eigenvalue weighted by atomic mass is 10.3. The first-order valence-electron chi connectivity index (χ1n) is 5.28. The number of hydrogen-bond acceptors (Lipinski definition) is 3. The van der Waals surface area contributed by atoms with Gasteiger partial charge in [0.15, 0.2) is 0 Å². The molecule has 5 nitrogen and oxygen atoms in total. The van der Waals surface area contributed by atoms with Gasteiger partial charge in [-0.1, -0.05) is 11.6 Å². The van der Waals surface area contributed by atoms with E-state index < -0.39 is 0 Å². The smallest absolute Gasteiger partial charge is 0.319 e. The number of hydrogen-bond donors (Lipinski definition) is 3. The molecule has 0 aliphatic carbocycles. The van der Waals surface area contributed by atoms with E-state index in [4.69, 9.17) is 22.1 Å². The number of nitrogens with one attached hydrogen (secondary N) is 2. The summed E-state index contributed by atoms with van der Waals surface area (Å²) in [5, 5.41) is 5.66. The fourth-order valence-corrected chi connectivity index (χ4v) is 1.33. The number of ether oxygens (including phenoxy) is 1. The Morgan fingerprint density at radius 2 is 2.29 bits per heavy atom. The normalized spacial score (nSPS) is 9.82. The highest BCUT2D eigenvalue weighted by atomic mass is 35.5. The van der Waals surface area contributed by atoms with E-state index in [0.717, 1.165) is 6.42 Å². The second-order valence-electron chi connectivity index (χ2n) is 3.34. The summed E-state index contributed by atoms with van der Waals surface area (Å²) in [6.07, 6.45) is 0.742. The third-order valence-electron chi connectivity index (χ3n) is 2.02. The van der Waals surface area contributed by atoms with Crippen LogP contribution in [0.4, 0.5) is 10.5 Å². The first kappa shape index (κ1) is 13.6. The number of benzene rings is 1. The summed E-state index contributed by atoms with van der Waals surface area (Å²) < 4.78 is 5.50. The van der Waals surface area contributed by atoms with Crippen molar-refractivity contribution >= 4 is 23.3 Å². The van der Waals surface area contributed by atoms with E-state index in [2.05, 4.69) is 10.6 Å². The van der Waals surface area contributed by atoms with Crippen LogP contribution < -0.4 is 21.1 Å². The van der Waals surface area contributed by atoms with E-state index in [1.165, 1.54) is 0 Å². The molecule has 0 spiro atoms. The highest BCUT2D eigenvalue weighted by Crippen LogP contribution is 2.28. The van der Waals surface area contributed by atoms with Gasteiger partial charge in [0.25, 0.3) is 0 Å². The van der Waals surface area contributed by atoms with Gasteiger partial charge in [0.05, 0.1) is 12.3 Å². The summed E-state index contributed by atoms with van der Waals surface area (Å²) in [5.41, 5.74) is 5.95. The van der Waals surface area contributed by atoms with Crippen LogP contribution in [0.25, 0.3) is 0 Å². The van der Waals surface area contributed by atoms with Gasteiger partial charge in [-0.15, -0.1) is 0 Å². The molecule has 0 saturated heterocycles. The zero-order valence-corrected chi connectivity index (χ0v) is 10.4. The van der Waals surface area contributed by atoms with E-state index >= 15 is 0 Å². The molecule has 1 rings (SSSR count). The molecule has 0 saturated carbocycles. The maximum absolute atomic E-state index is 11.2. The van der Waals surface area contributed by atoms with Crippen LogP contribution in [0, 0.1) is 0 Å². The zero-order chi connectivity index (χ0) is 12.7. The molecule has 0 fully saturated rings. The molecule has 0 aliphatic heterocycles. The van der Waals surface area contributed by atoms with Gasteiger partial charge < -0.3 is 21.1 Å². The summed E-state index contributed by atoms with van der Waals surface area (Å²) in [5.74, 6) is 0.537. The zero-order valence-electron chi connectivity index (χ0n) is 9.63. The molecule has 0 heterocycles. The summed E-state index contributed by atoms with van der Waals surface area (Å²) in [4.78, 5) is 11.2. The lowest BCUT2D eigenvalue weighted by Crippen LogP contribution is -2.24. The predicted octanol–water partition coefficient (Wildman–Crippen LogP) is 1.82. The van der Waals surface area contributed by atoms with Crippen molar-refractivity contribution in [2.75, 3.05) is 25.5 Å². The van der Waals surface area contributed by atoms with Crippen LogP contribution in [0.1, 0.15) is 6.42 Å². The van der Waals surface area contributed by atoms with E-state index in [0.29, 0.717) is 29.6 Å². The Morgan fingerprint density at radius 3 is 2.94 bits per heavy atom. The van der Waals surface area contributed by atoms with Crippen molar-refractivity contribution in [1.29, 1.82) is 0 Å². The largest absolute Gasteiger partial charge is 0.491 e. The van der Waals surface area contributed by atoms with E-state index in [-0.39, 0.29) is 6.03 Å². The van der Waals surface area contributed by atoms with Crippen molar-refractivity contribution in [1.82, 2.24) is 5.32 Å². The molecule has 2 amide bonds. The van der Waals surface area contributed by atoms with Gasteiger partial charge in [-0.2, -0.15) is 0 Å². The Labute approximate surface area is 105 Å². The van der Waals surface area contributed by atoms with Gasteiger partial charge in [0.1, 0.15) is 5.75 Å². The molecule has 0 aromatic heterocycles. The van der Waals surface area contributed by atoms with E-state index in [1.807, 2.05) is 0 Å². The summed E-state index contributed by atoms with van der Waals surface area (Å²) in [6, 6.07) is 4.72. The van der Waals surface area contributed by atoms with Crippen molar-refractivity contribution in [3.8, 4) is 5.75 Å². The third-order valence-corrected chi connectivity index (χ3v) is 2.26. The molecule has 1 aromatic rings. The highest BCUT2D eigenvalue weighted by Gasteiger charge is 2.07. The first-order valence-corrected chi connectivity index (χ1v) is 5.66. The fraction of sp³-hybridized carbons (Fsp3) is 0.364. The molecule has 6 heteroatoms. The fourth-order valence-electron chi connectivity index (χ4n) is 1.17. The third kappa shape index (κ3) is 4.50. The molecule has 0 atom stereocenters. The Morgan fingerprint density at radius 1 is 1.53 bits per heavy atom. The number of halogens is 1. The monoisotopic (exact) mass is 257 g/mol. The van der Waals surface area contributed by atoms with Crippen molar-refractivity contribution < 1.29 is 9.53 Å². The van der Waals surface area contributed by atoms with Crippen LogP contribution in [0.2, 0.25) is 5.02 Å². The summed E-state index contributed by atoms with van der Waals surface area (Å²) in [7, 11) is 1.54. The Bertz CT molecular complexity index is 385.